The molecule has 2 aromatic rings. The van der Waals surface area contributed by atoms with Gasteiger partial charge in [-0.05, 0) is 24.6 Å². The summed E-state index contributed by atoms with van der Waals surface area (Å²) >= 11 is 0. The summed E-state index contributed by atoms with van der Waals surface area (Å²) in [5.74, 6) is 0.351. The number of carbonyl (C=O) groups is 1. The number of imidazole rings is 1. The van der Waals surface area contributed by atoms with Gasteiger partial charge in [0.15, 0.2) is 0 Å². The standard InChI is InChI=1S/C16H20N4O4S/c1-20-7-6-17-15(20)10-18-16(21)12-3-2-4-14(9-12)25(22,23)19-13-5-8-24-11-13/h2-4,6-7,9,13,19H,5,8,10-11H2,1H3,(H,18,21). The summed E-state index contributed by atoms with van der Waals surface area (Å²) in [7, 11) is -1.86. The second kappa shape index (κ2) is 7.34. The lowest BCUT2D eigenvalue weighted by Crippen LogP contribution is -2.35. The summed E-state index contributed by atoms with van der Waals surface area (Å²) in [5.41, 5.74) is 0.278. The first-order valence-corrected chi connectivity index (χ1v) is 9.38. The van der Waals surface area contributed by atoms with Crippen molar-refractivity contribution in [1.82, 2.24) is 19.6 Å². The maximum atomic E-state index is 12.4. The zero-order chi connectivity index (χ0) is 17.9. The predicted octanol–water partition coefficient (Wildman–Crippen LogP) is 0.417. The number of ether oxygens (including phenoxy) is 1. The van der Waals surface area contributed by atoms with Gasteiger partial charge in [-0.25, -0.2) is 18.1 Å². The van der Waals surface area contributed by atoms with Crippen LogP contribution in [0.2, 0.25) is 0 Å². The molecular formula is C16H20N4O4S. The van der Waals surface area contributed by atoms with E-state index in [1.165, 1.54) is 12.1 Å². The molecule has 9 heteroatoms. The fourth-order valence-electron chi connectivity index (χ4n) is 2.55. The number of rotatable bonds is 6. The topological polar surface area (TPSA) is 102 Å². The van der Waals surface area contributed by atoms with Crippen molar-refractivity contribution in [2.24, 2.45) is 7.05 Å². The van der Waals surface area contributed by atoms with Gasteiger partial charge in [-0.1, -0.05) is 6.07 Å². The predicted molar refractivity (Wildman–Crippen MR) is 90.4 cm³/mol. The highest BCUT2D eigenvalue weighted by Gasteiger charge is 2.24. The molecule has 0 bridgehead atoms. The molecule has 3 rings (SSSR count). The van der Waals surface area contributed by atoms with Gasteiger partial charge in [-0.15, -0.1) is 0 Å². The molecule has 1 aromatic heterocycles. The highest BCUT2D eigenvalue weighted by Crippen LogP contribution is 2.14. The summed E-state index contributed by atoms with van der Waals surface area (Å²) in [5, 5.41) is 2.74. The van der Waals surface area contributed by atoms with Crippen molar-refractivity contribution in [2.45, 2.75) is 23.9 Å². The minimum atomic E-state index is -3.69. The van der Waals surface area contributed by atoms with E-state index in [1.807, 2.05) is 7.05 Å². The first kappa shape index (κ1) is 17.6. The van der Waals surface area contributed by atoms with E-state index < -0.39 is 10.0 Å². The molecule has 0 saturated carbocycles. The molecule has 1 fully saturated rings. The number of sulfonamides is 1. The van der Waals surface area contributed by atoms with Gasteiger partial charge in [0, 0.05) is 37.7 Å². The van der Waals surface area contributed by atoms with Crippen LogP contribution in [-0.2, 0) is 28.4 Å². The fraction of sp³-hybridized carbons (Fsp3) is 0.375. The molecule has 0 aliphatic carbocycles. The summed E-state index contributed by atoms with van der Waals surface area (Å²) in [6, 6.07) is 5.73. The molecule has 2 heterocycles. The molecule has 134 valence electrons. The number of benzene rings is 1. The molecule has 2 N–H and O–H groups in total. The lowest BCUT2D eigenvalue weighted by atomic mass is 10.2. The molecule has 1 unspecified atom stereocenters. The zero-order valence-electron chi connectivity index (χ0n) is 13.8. The first-order chi connectivity index (χ1) is 12.0. The third-order valence-corrected chi connectivity index (χ3v) is 5.50. The number of hydrogen-bond acceptors (Lipinski definition) is 5. The highest BCUT2D eigenvalue weighted by molar-refractivity contribution is 7.89. The third-order valence-electron chi connectivity index (χ3n) is 3.99. The van der Waals surface area contributed by atoms with Crippen LogP contribution < -0.4 is 10.0 Å². The number of nitrogens with zero attached hydrogens (tertiary/aromatic N) is 2. The summed E-state index contributed by atoms with van der Waals surface area (Å²) in [4.78, 5) is 16.5. The molecule has 8 nitrogen and oxygen atoms in total. The molecule has 25 heavy (non-hydrogen) atoms. The van der Waals surface area contributed by atoms with E-state index in [4.69, 9.17) is 4.74 Å². The molecule has 1 aliphatic rings. The Hall–Kier alpha value is -2.23. The molecular weight excluding hydrogens is 344 g/mol. The fourth-order valence-corrected chi connectivity index (χ4v) is 3.85. The molecule has 0 spiro atoms. The quantitative estimate of drug-likeness (QED) is 0.773. The van der Waals surface area contributed by atoms with Gasteiger partial charge in [0.2, 0.25) is 10.0 Å². The Morgan fingerprint density at radius 2 is 2.28 bits per heavy atom. The SMILES string of the molecule is Cn1ccnc1CNC(=O)c1cccc(S(=O)(=O)NC2CCOC2)c1. The summed E-state index contributed by atoms with van der Waals surface area (Å²) in [6.45, 7) is 1.17. The number of aryl methyl sites for hydroxylation is 1. The van der Waals surface area contributed by atoms with E-state index in [0.29, 0.717) is 25.5 Å². The largest absolute Gasteiger partial charge is 0.380 e. The maximum Gasteiger partial charge on any atom is 0.251 e. The zero-order valence-corrected chi connectivity index (χ0v) is 14.6. The van der Waals surface area contributed by atoms with Crippen molar-refractivity contribution in [1.29, 1.82) is 0 Å². The van der Waals surface area contributed by atoms with Crippen LogP contribution in [0.25, 0.3) is 0 Å². The minimum Gasteiger partial charge on any atom is -0.380 e. The van der Waals surface area contributed by atoms with Crippen molar-refractivity contribution in [3.05, 3.63) is 48.0 Å². The number of nitrogens with one attached hydrogen (secondary N) is 2. The average Bonchev–Trinajstić information content (AvgIpc) is 3.24. The van der Waals surface area contributed by atoms with Gasteiger partial charge in [0.25, 0.3) is 5.91 Å². The molecule has 1 amide bonds. The Balaban J connectivity index is 1.69. The van der Waals surface area contributed by atoms with Crippen molar-refractivity contribution in [3.63, 3.8) is 0 Å². The number of aromatic nitrogens is 2. The van der Waals surface area contributed by atoms with Crippen molar-refractivity contribution < 1.29 is 17.9 Å². The number of carbonyl (C=O) groups excluding carboxylic acids is 1. The summed E-state index contributed by atoms with van der Waals surface area (Å²) in [6.07, 6.45) is 4.07. The van der Waals surface area contributed by atoms with Gasteiger partial charge in [0.05, 0.1) is 18.0 Å². The molecule has 1 saturated heterocycles. The van der Waals surface area contributed by atoms with E-state index in [-0.39, 0.29) is 29.0 Å². The monoisotopic (exact) mass is 364 g/mol. The van der Waals surface area contributed by atoms with E-state index >= 15 is 0 Å². The molecule has 1 aromatic carbocycles. The Morgan fingerprint density at radius 3 is 2.96 bits per heavy atom. The van der Waals surface area contributed by atoms with Crippen molar-refractivity contribution in [2.75, 3.05) is 13.2 Å². The van der Waals surface area contributed by atoms with Crippen LogP contribution in [0.3, 0.4) is 0 Å². The number of hydrogen-bond donors (Lipinski definition) is 2. The Bertz CT molecular complexity index is 857. The van der Waals surface area contributed by atoms with Crippen LogP contribution >= 0.6 is 0 Å². The third kappa shape index (κ3) is 4.25. The van der Waals surface area contributed by atoms with Crippen LogP contribution in [0, 0.1) is 0 Å². The van der Waals surface area contributed by atoms with E-state index in [1.54, 1.807) is 29.1 Å². The van der Waals surface area contributed by atoms with Crippen molar-refractivity contribution >= 4 is 15.9 Å². The lowest BCUT2D eigenvalue weighted by molar-refractivity contribution is 0.0949. The minimum absolute atomic E-state index is 0.0593. The number of amides is 1. The van der Waals surface area contributed by atoms with Gasteiger partial charge in [-0.3, -0.25) is 4.79 Å². The van der Waals surface area contributed by atoms with E-state index in [2.05, 4.69) is 15.0 Å². The van der Waals surface area contributed by atoms with E-state index in [9.17, 15) is 13.2 Å². The second-order valence-electron chi connectivity index (χ2n) is 5.85. The molecule has 1 aliphatic heterocycles. The van der Waals surface area contributed by atoms with E-state index in [0.717, 1.165) is 0 Å². The van der Waals surface area contributed by atoms with Gasteiger partial charge in [-0.2, -0.15) is 0 Å². The molecule has 0 radical (unpaired) electrons. The maximum absolute atomic E-state index is 12.4. The Morgan fingerprint density at radius 1 is 1.44 bits per heavy atom. The van der Waals surface area contributed by atoms with Crippen molar-refractivity contribution in [3.8, 4) is 0 Å². The van der Waals surface area contributed by atoms with Gasteiger partial charge >= 0.3 is 0 Å². The van der Waals surface area contributed by atoms with Crippen LogP contribution in [0.15, 0.2) is 41.6 Å². The lowest BCUT2D eigenvalue weighted by Gasteiger charge is -2.12. The van der Waals surface area contributed by atoms with Crippen LogP contribution in [0.1, 0.15) is 22.6 Å². The smallest absolute Gasteiger partial charge is 0.251 e. The first-order valence-electron chi connectivity index (χ1n) is 7.90. The van der Waals surface area contributed by atoms with Crippen LogP contribution in [0.4, 0.5) is 0 Å². The normalized spacial score (nSPS) is 17.6. The average molecular weight is 364 g/mol. The van der Waals surface area contributed by atoms with Crippen LogP contribution in [0.5, 0.6) is 0 Å². The van der Waals surface area contributed by atoms with Gasteiger partial charge < -0.3 is 14.6 Å². The molecule has 1 atom stereocenters. The van der Waals surface area contributed by atoms with Gasteiger partial charge in [0.1, 0.15) is 5.82 Å². The highest BCUT2D eigenvalue weighted by atomic mass is 32.2. The summed E-state index contributed by atoms with van der Waals surface area (Å²) < 4.78 is 34.5. The van der Waals surface area contributed by atoms with Crippen LogP contribution in [-0.4, -0.2) is 43.1 Å². The Labute approximate surface area is 146 Å². The Kier molecular flexibility index (Phi) is 5.16. The second-order valence-corrected chi connectivity index (χ2v) is 7.56.